The van der Waals surface area contributed by atoms with Gasteiger partial charge in [0.1, 0.15) is 11.2 Å². The van der Waals surface area contributed by atoms with Crippen molar-refractivity contribution in [1.29, 1.82) is 0 Å². The lowest BCUT2D eigenvalue weighted by Crippen LogP contribution is -2.10. The number of benzene rings is 10. The fourth-order valence-corrected chi connectivity index (χ4v) is 10.8. The molecule has 0 spiro atoms. The molecular weight excluding hydrogens is 725 g/mol. The first-order valence-electron chi connectivity index (χ1n) is 19.8. The second-order valence-corrected chi connectivity index (χ2v) is 16.3. The van der Waals surface area contributed by atoms with E-state index in [2.05, 4.69) is 204 Å². The van der Waals surface area contributed by atoms with Gasteiger partial charge in [-0.25, -0.2) is 0 Å². The Hall–Kier alpha value is -7.40. The van der Waals surface area contributed by atoms with Crippen molar-refractivity contribution in [3.05, 3.63) is 194 Å². The summed E-state index contributed by atoms with van der Waals surface area (Å²) in [7, 11) is 0. The van der Waals surface area contributed by atoms with Gasteiger partial charge in [-0.1, -0.05) is 115 Å². The normalized spacial score (nSPS) is 12.1. The number of para-hydroxylation sites is 2. The van der Waals surface area contributed by atoms with Crippen LogP contribution in [-0.4, -0.2) is 4.57 Å². The van der Waals surface area contributed by atoms with Crippen molar-refractivity contribution in [3.63, 3.8) is 0 Å². The van der Waals surface area contributed by atoms with Crippen LogP contribution >= 0.6 is 11.3 Å². The maximum absolute atomic E-state index is 6.87. The van der Waals surface area contributed by atoms with E-state index in [1.54, 1.807) is 0 Å². The third-order valence-corrected chi connectivity index (χ3v) is 13.3. The van der Waals surface area contributed by atoms with Gasteiger partial charge in [0.25, 0.3) is 0 Å². The summed E-state index contributed by atoms with van der Waals surface area (Å²) in [5, 5.41) is 14.7. The van der Waals surface area contributed by atoms with Crippen molar-refractivity contribution >= 4 is 125 Å². The molecule has 270 valence electrons. The van der Waals surface area contributed by atoms with Crippen molar-refractivity contribution < 1.29 is 4.42 Å². The van der Waals surface area contributed by atoms with Crippen LogP contribution in [0.4, 0.5) is 17.1 Å². The van der Waals surface area contributed by atoms with Crippen LogP contribution in [0.15, 0.2) is 199 Å². The average Bonchev–Trinajstić information content (AvgIpc) is 3.95. The van der Waals surface area contributed by atoms with Gasteiger partial charge in [-0.3, -0.25) is 0 Å². The summed E-state index contributed by atoms with van der Waals surface area (Å²) >= 11 is 1.85. The molecule has 13 rings (SSSR count). The van der Waals surface area contributed by atoms with Gasteiger partial charge < -0.3 is 13.9 Å². The maximum Gasteiger partial charge on any atom is 0.137 e. The predicted molar refractivity (Wildman–Crippen MR) is 248 cm³/mol. The summed E-state index contributed by atoms with van der Waals surface area (Å²) in [6, 6.07) is 70.7. The highest BCUT2D eigenvalue weighted by molar-refractivity contribution is 7.26. The molecule has 0 saturated carbocycles. The Bertz CT molecular complexity index is 3810. The Labute approximate surface area is 336 Å². The van der Waals surface area contributed by atoms with Crippen LogP contribution in [0.1, 0.15) is 0 Å². The largest absolute Gasteiger partial charge is 0.456 e. The minimum Gasteiger partial charge on any atom is -0.456 e. The van der Waals surface area contributed by atoms with Gasteiger partial charge in [0.05, 0.1) is 21.4 Å². The SMILES string of the molecule is c1ccc(-n2c3ccccc3c3cc(N(c4ccc5c(c4)oc4cc6c7ccccc7c7ccccc7c6cc45)c4cccc5c4sc4ccccc45)ccc32)cc1. The molecule has 0 bridgehead atoms. The smallest absolute Gasteiger partial charge is 0.137 e. The summed E-state index contributed by atoms with van der Waals surface area (Å²) < 4.78 is 11.8. The summed E-state index contributed by atoms with van der Waals surface area (Å²) in [4.78, 5) is 2.43. The quantitative estimate of drug-likeness (QED) is 0.167. The maximum atomic E-state index is 6.87. The van der Waals surface area contributed by atoms with Crippen molar-refractivity contribution in [2.75, 3.05) is 4.90 Å². The molecule has 3 nitrogen and oxygen atoms in total. The van der Waals surface area contributed by atoms with Crippen molar-refractivity contribution in [3.8, 4) is 5.69 Å². The molecule has 0 aliphatic rings. The van der Waals surface area contributed by atoms with Gasteiger partial charge in [0, 0.05) is 60.1 Å². The van der Waals surface area contributed by atoms with Gasteiger partial charge >= 0.3 is 0 Å². The third-order valence-electron chi connectivity index (χ3n) is 12.1. The summed E-state index contributed by atoms with van der Waals surface area (Å²) in [5.74, 6) is 0. The van der Waals surface area contributed by atoms with E-state index in [-0.39, 0.29) is 0 Å². The number of anilines is 3. The number of aromatic nitrogens is 1. The summed E-state index contributed by atoms with van der Waals surface area (Å²) in [6.07, 6.45) is 0. The van der Waals surface area contributed by atoms with E-state index in [0.717, 1.165) is 44.7 Å². The van der Waals surface area contributed by atoms with E-state index >= 15 is 0 Å². The molecule has 13 aromatic rings. The van der Waals surface area contributed by atoms with Crippen molar-refractivity contribution in [2.45, 2.75) is 0 Å². The summed E-state index contributed by atoms with van der Waals surface area (Å²) in [6.45, 7) is 0. The fraction of sp³-hybridized carbons (Fsp3) is 0. The van der Waals surface area contributed by atoms with Crippen LogP contribution in [-0.2, 0) is 0 Å². The molecule has 0 unspecified atom stereocenters. The Morgan fingerprint density at radius 2 is 0.948 bits per heavy atom. The van der Waals surface area contributed by atoms with E-state index in [9.17, 15) is 0 Å². The van der Waals surface area contributed by atoms with E-state index in [0.29, 0.717) is 0 Å². The second-order valence-electron chi connectivity index (χ2n) is 15.2. The Kier molecular flexibility index (Phi) is 6.60. The van der Waals surface area contributed by atoms with E-state index in [1.807, 2.05) is 11.3 Å². The molecule has 10 aromatic carbocycles. The number of fused-ring (bicyclic) bond motifs is 15. The number of furan rings is 1. The topological polar surface area (TPSA) is 21.3 Å². The zero-order chi connectivity index (χ0) is 37.9. The van der Waals surface area contributed by atoms with Gasteiger partial charge in [0.2, 0.25) is 0 Å². The first-order valence-corrected chi connectivity index (χ1v) is 20.6. The highest BCUT2D eigenvalue weighted by Crippen LogP contribution is 2.47. The van der Waals surface area contributed by atoms with E-state index < -0.39 is 0 Å². The van der Waals surface area contributed by atoms with E-state index in [4.69, 9.17) is 4.42 Å². The molecule has 0 fully saturated rings. The molecule has 0 aliphatic carbocycles. The standard InChI is InChI=1S/C54H32N2OS/c1-2-13-33(14-3-1)56-48-22-10-8-19-40(48)46-29-34(26-28-49(46)56)55(50-23-12-21-43-42-20-9-11-24-53(42)58-54(43)50)35-25-27-41-47-31-44-38-17-6-4-15-36(38)37-16-5-7-18-39(37)45(44)32-52(47)57-51(41)30-35/h1-32H. The van der Waals surface area contributed by atoms with Gasteiger partial charge in [-0.05, 0) is 105 Å². The third kappa shape index (κ3) is 4.49. The molecule has 0 N–H and O–H groups in total. The Balaban J connectivity index is 1.07. The van der Waals surface area contributed by atoms with Crippen LogP contribution in [0.25, 0.3) is 102 Å². The molecule has 58 heavy (non-hydrogen) atoms. The van der Waals surface area contributed by atoms with Crippen molar-refractivity contribution in [1.82, 2.24) is 4.57 Å². The number of nitrogens with zero attached hydrogens (tertiary/aromatic N) is 2. The minimum absolute atomic E-state index is 0.867. The van der Waals surface area contributed by atoms with Crippen molar-refractivity contribution in [2.24, 2.45) is 0 Å². The van der Waals surface area contributed by atoms with Gasteiger partial charge in [0.15, 0.2) is 0 Å². The lowest BCUT2D eigenvalue weighted by molar-refractivity contribution is 0.669. The Morgan fingerprint density at radius 3 is 1.74 bits per heavy atom. The van der Waals surface area contributed by atoms with Crippen LogP contribution in [0.3, 0.4) is 0 Å². The molecular formula is C54H32N2OS. The first-order chi connectivity index (χ1) is 28.8. The molecule has 0 aliphatic heterocycles. The summed E-state index contributed by atoms with van der Waals surface area (Å²) in [5.41, 5.74) is 8.56. The molecule has 3 aromatic heterocycles. The molecule has 3 heterocycles. The first kappa shape index (κ1) is 31.8. The molecule has 0 saturated heterocycles. The zero-order valence-electron chi connectivity index (χ0n) is 31.2. The second kappa shape index (κ2) is 12.1. The van der Waals surface area contributed by atoms with E-state index in [1.165, 1.54) is 74.3 Å². The van der Waals surface area contributed by atoms with Crippen LogP contribution in [0.2, 0.25) is 0 Å². The number of thiophene rings is 1. The minimum atomic E-state index is 0.867. The number of hydrogen-bond donors (Lipinski definition) is 0. The molecule has 4 heteroatoms. The number of rotatable bonds is 4. The number of hydrogen-bond acceptors (Lipinski definition) is 3. The highest BCUT2D eigenvalue weighted by atomic mass is 32.1. The van der Waals surface area contributed by atoms with Crippen LogP contribution in [0, 0.1) is 0 Å². The fourth-order valence-electron chi connectivity index (χ4n) is 9.59. The van der Waals surface area contributed by atoms with Crippen LogP contribution in [0.5, 0.6) is 0 Å². The monoisotopic (exact) mass is 756 g/mol. The lowest BCUT2D eigenvalue weighted by atomic mass is 9.93. The van der Waals surface area contributed by atoms with Gasteiger partial charge in [-0.15, -0.1) is 11.3 Å². The molecule has 0 amide bonds. The van der Waals surface area contributed by atoms with Crippen LogP contribution < -0.4 is 4.90 Å². The Morgan fingerprint density at radius 1 is 0.362 bits per heavy atom. The highest BCUT2D eigenvalue weighted by Gasteiger charge is 2.22. The molecule has 0 radical (unpaired) electrons. The molecule has 0 atom stereocenters. The predicted octanol–water partition coefficient (Wildman–Crippen LogP) is 16.0. The zero-order valence-corrected chi connectivity index (χ0v) is 32.0. The lowest BCUT2D eigenvalue weighted by Gasteiger charge is -2.26. The van der Waals surface area contributed by atoms with Gasteiger partial charge in [-0.2, -0.15) is 0 Å². The average molecular weight is 757 g/mol.